The first-order valence-electron chi connectivity index (χ1n) is 5.76. The molecule has 0 aliphatic heterocycles. The van der Waals surface area contributed by atoms with Crippen molar-refractivity contribution >= 4 is 21.8 Å². The third kappa shape index (κ3) is 8.38. The molecule has 0 fully saturated rings. The van der Waals surface area contributed by atoms with Crippen molar-refractivity contribution in [2.45, 2.75) is 20.3 Å². The second-order valence-corrected chi connectivity index (χ2v) is 6.93. The molecule has 0 aromatic rings. The largest absolute Gasteiger partial charge is 0.316 e. The molecule has 0 rings (SSSR count). The molecule has 4 nitrogen and oxygen atoms in total. The molecule has 0 saturated carbocycles. The normalized spacial score (nSPS) is 12.2. The number of nitrogens with one attached hydrogen (secondary N) is 1. The Morgan fingerprint density at radius 3 is 2.44 bits per heavy atom. The van der Waals surface area contributed by atoms with E-state index in [1.807, 2.05) is 18.7 Å². The van der Waals surface area contributed by atoms with Crippen molar-refractivity contribution < 1.29 is 8.42 Å². The van der Waals surface area contributed by atoms with Gasteiger partial charge in [0.05, 0.1) is 6.26 Å². The van der Waals surface area contributed by atoms with Crippen LogP contribution in [0.15, 0.2) is 0 Å². The number of nitrogens with zero attached hydrogens (tertiary/aromatic N) is 1. The van der Waals surface area contributed by atoms with Crippen LogP contribution in [0.5, 0.6) is 0 Å². The molecular formula is C10H24N2O2S2. The second-order valence-electron chi connectivity index (χ2n) is 3.56. The molecule has 6 heteroatoms. The fourth-order valence-corrected chi connectivity index (χ4v) is 2.86. The molecule has 0 spiro atoms. The quantitative estimate of drug-likeness (QED) is 0.601. The summed E-state index contributed by atoms with van der Waals surface area (Å²) in [6.07, 6.45) is 2.14. The van der Waals surface area contributed by atoms with Gasteiger partial charge in [0, 0.05) is 25.4 Å². The lowest BCUT2D eigenvalue weighted by Crippen LogP contribution is -2.32. The molecule has 16 heavy (non-hydrogen) atoms. The minimum Gasteiger partial charge on any atom is -0.316 e. The standard InChI is InChI=1S/C10H24N2O2S2/c1-4-12(16(3,13)14)9-6-7-11-8-10-15-5-2/h11H,4-10H2,1-3H3. The highest BCUT2D eigenvalue weighted by molar-refractivity contribution is 7.99. The highest BCUT2D eigenvalue weighted by Gasteiger charge is 2.12. The van der Waals surface area contributed by atoms with E-state index in [1.54, 1.807) is 0 Å². The van der Waals surface area contributed by atoms with E-state index in [0.29, 0.717) is 13.1 Å². The lowest BCUT2D eigenvalue weighted by molar-refractivity contribution is 0.420. The summed E-state index contributed by atoms with van der Waals surface area (Å²) in [7, 11) is -3.01. The fraction of sp³-hybridized carbons (Fsp3) is 1.00. The topological polar surface area (TPSA) is 49.4 Å². The molecule has 0 radical (unpaired) electrons. The summed E-state index contributed by atoms with van der Waals surface area (Å²) in [5.74, 6) is 2.28. The maximum Gasteiger partial charge on any atom is 0.211 e. The third-order valence-corrected chi connectivity index (χ3v) is 4.49. The Balaban J connectivity index is 3.50. The van der Waals surface area contributed by atoms with E-state index in [2.05, 4.69) is 12.2 Å². The van der Waals surface area contributed by atoms with Gasteiger partial charge in [-0.1, -0.05) is 13.8 Å². The Hall–Kier alpha value is 0.220. The molecule has 1 N–H and O–H groups in total. The Bertz CT molecular complexity index is 256. The van der Waals surface area contributed by atoms with E-state index in [4.69, 9.17) is 0 Å². The average molecular weight is 268 g/mol. The van der Waals surface area contributed by atoms with Gasteiger partial charge in [-0.3, -0.25) is 0 Å². The summed E-state index contributed by atoms with van der Waals surface area (Å²) in [6, 6.07) is 0. The van der Waals surface area contributed by atoms with E-state index >= 15 is 0 Å². The zero-order valence-corrected chi connectivity index (χ0v) is 12.2. The van der Waals surface area contributed by atoms with Crippen molar-refractivity contribution in [2.75, 3.05) is 43.9 Å². The molecule has 0 bridgehead atoms. The van der Waals surface area contributed by atoms with Crippen LogP contribution in [0, 0.1) is 0 Å². The van der Waals surface area contributed by atoms with Crippen LogP contribution in [-0.2, 0) is 10.0 Å². The van der Waals surface area contributed by atoms with Crippen LogP contribution in [0.3, 0.4) is 0 Å². The van der Waals surface area contributed by atoms with Crippen molar-refractivity contribution in [2.24, 2.45) is 0 Å². The Morgan fingerprint density at radius 2 is 1.94 bits per heavy atom. The summed E-state index contributed by atoms with van der Waals surface area (Å²) >= 11 is 1.91. The van der Waals surface area contributed by atoms with Gasteiger partial charge in [-0.25, -0.2) is 12.7 Å². The molecule has 0 unspecified atom stereocenters. The monoisotopic (exact) mass is 268 g/mol. The molecular weight excluding hydrogens is 244 g/mol. The molecule has 0 aromatic heterocycles. The number of sulfonamides is 1. The van der Waals surface area contributed by atoms with Crippen molar-refractivity contribution in [1.29, 1.82) is 0 Å². The first-order valence-corrected chi connectivity index (χ1v) is 8.76. The highest BCUT2D eigenvalue weighted by Crippen LogP contribution is 1.98. The molecule has 0 saturated heterocycles. The van der Waals surface area contributed by atoms with Gasteiger partial charge in [-0.15, -0.1) is 0 Å². The minimum absolute atomic E-state index is 0.560. The molecule has 0 amide bonds. The molecule has 0 heterocycles. The van der Waals surface area contributed by atoms with Crippen LogP contribution in [0.2, 0.25) is 0 Å². The van der Waals surface area contributed by atoms with E-state index in [1.165, 1.54) is 10.6 Å². The Kier molecular flexibility index (Phi) is 9.40. The number of hydrogen-bond donors (Lipinski definition) is 1. The van der Waals surface area contributed by atoms with E-state index in [0.717, 1.165) is 31.0 Å². The van der Waals surface area contributed by atoms with Gasteiger partial charge in [-0.05, 0) is 18.7 Å². The number of hydrogen-bond acceptors (Lipinski definition) is 4. The predicted molar refractivity (Wildman–Crippen MR) is 72.6 cm³/mol. The van der Waals surface area contributed by atoms with Crippen LogP contribution in [0.1, 0.15) is 20.3 Å². The maximum absolute atomic E-state index is 11.3. The van der Waals surface area contributed by atoms with Gasteiger partial charge >= 0.3 is 0 Å². The van der Waals surface area contributed by atoms with Crippen LogP contribution in [-0.4, -0.2) is 56.7 Å². The maximum atomic E-state index is 11.3. The van der Waals surface area contributed by atoms with Crippen molar-refractivity contribution in [1.82, 2.24) is 9.62 Å². The lowest BCUT2D eigenvalue weighted by atomic mass is 10.4. The van der Waals surface area contributed by atoms with Gasteiger partial charge < -0.3 is 5.32 Å². The molecule has 0 aliphatic carbocycles. The van der Waals surface area contributed by atoms with Crippen LogP contribution < -0.4 is 5.32 Å². The van der Waals surface area contributed by atoms with Crippen LogP contribution in [0.4, 0.5) is 0 Å². The molecule has 0 aliphatic rings. The van der Waals surface area contributed by atoms with Crippen molar-refractivity contribution in [3.63, 3.8) is 0 Å². The lowest BCUT2D eigenvalue weighted by Gasteiger charge is -2.17. The van der Waals surface area contributed by atoms with Gasteiger partial charge in [0.25, 0.3) is 0 Å². The van der Waals surface area contributed by atoms with E-state index in [9.17, 15) is 8.42 Å². The van der Waals surface area contributed by atoms with Gasteiger partial charge in [0.15, 0.2) is 0 Å². The molecule has 0 atom stereocenters. The summed E-state index contributed by atoms with van der Waals surface area (Å²) in [6.45, 7) is 7.08. The summed E-state index contributed by atoms with van der Waals surface area (Å²) in [5, 5.41) is 3.31. The molecule has 98 valence electrons. The third-order valence-electron chi connectivity index (χ3n) is 2.21. The highest BCUT2D eigenvalue weighted by atomic mass is 32.2. The smallest absolute Gasteiger partial charge is 0.211 e. The predicted octanol–water partition coefficient (Wildman–Crippen LogP) is 1.00. The Morgan fingerprint density at radius 1 is 1.25 bits per heavy atom. The van der Waals surface area contributed by atoms with Crippen LogP contribution in [0.25, 0.3) is 0 Å². The van der Waals surface area contributed by atoms with Gasteiger partial charge in [-0.2, -0.15) is 11.8 Å². The van der Waals surface area contributed by atoms with Crippen molar-refractivity contribution in [3.8, 4) is 0 Å². The fourth-order valence-electron chi connectivity index (χ4n) is 1.35. The number of rotatable bonds is 10. The average Bonchev–Trinajstić information content (AvgIpc) is 2.20. The Labute approximate surface area is 104 Å². The van der Waals surface area contributed by atoms with E-state index < -0.39 is 10.0 Å². The minimum atomic E-state index is -3.01. The molecule has 0 aromatic carbocycles. The first-order chi connectivity index (χ1) is 7.52. The van der Waals surface area contributed by atoms with Crippen molar-refractivity contribution in [3.05, 3.63) is 0 Å². The zero-order chi connectivity index (χ0) is 12.4. The van der Waals surface area contributed by atoms with Crippen LogP contribution >= 0.6 is 11.8 Å². The zero-order valence-electron chi connectivity index (χ0n) is 10.5. The van der Waals surface area contributed by atoms with Gasteiger partial charge in [0.2, 0.25) is 10.0 Å². The van der Waals surface area contributed by atoms with E-state index in [-0.39, 0.29) is 0 Å². The second kappa shape index (κ2) is 9.27. The number of thioether (sulfide) groups is 1. The van der Waals surface area contributed by atoms with Gasteiger partial charge in [0.1, 0.15) is 0 Å². The summed E-state index contributed by atoms with van der Waals surface area (Å²) in [4.78, 5) is 0. The summed E-state index contributed by atoms with van der Waals surface area (Å²) in [5.41, 5.74) is 0. The first kappa shape index (κ1) is 16.2. The summed E-state index contributed by atoms with van der Waals surface area (Å²) < 4.78 is 24.0. The SMILES string of the molecule is CCSCCNCCCN(CC)S(C)(=O)=O.